The lowest BCUT2D eigenvalue weighted by Gasteiger charge is -2.13. The Morgan fingerprint density at radius 2 is 2.44 bits per heavy atom. The monoisotopic (exact) mass is 244 g/mol. The number of hydrogen-bond acceptors (Lipinski definition) is 3. The molecule has 0 aromatic carbocycles. The van der Waals surface area contributed by atoms with Crippen molar-refractivity contribution in [3.8, 4) is 0 Å². The van der Waals surface area contributed by atoms with Crippen molar-refractivity contribution in [1.82, 2.24) is 14.7 Å². The van der Waals surface area contributed by atoms with Crippen molar-refractivity contribution in [3.05, 3.63) is 18.0 Å². The number of likely N-dealkylation sites (tertiary alicyclic amines) is 1. The highest BCUT2D eigenvalue weighted by atomic mass is 35.5. The topological polar surface area (TPSA) is 64.2 Å². The molecule has 0 aliphatic carbocycles. The summed E-state index contributed by atoms with van der Waals surface area (Å²) < 4.78 is 1.75. The number of carbonyl (C=O) groups is 1. The van der Waals surface area contributed by atoms with Crippen LogP contribution in [0.2, 0.25) is 0 Å². The summed E-state index contributed by atoms with van der Waals surface area (Å²) in [4.78, 5) is 13.7. The van der Waals surface area contributed by atoms with Gasteiger partial charge in [-0.05, 0) is 13.3 Å². The molecule has 5 nitrogen and oxygen atoms in total. The van der Waals surface area contributed by atoms with Crippen molar-refractivity contribution in [2.75, 3.05) is 13.1 Å². The molecule has 2 heterocycles. The Morgan fingerprint density at radius 3 is 2.94 bits per heavy atom. The first kappa shape index (κ1) is 13.0. The van der Waals surface area contributed by atoms with Gasteiger partial charge in [0.25, 0.3) is 5.91 Å². The predicted molar refractivity (Wildman–Crippen MR) is 63.6 cm³/mol. The van der Waals surface area contributed by atoms with Crippen LogP contribution in [0.25, 0.3) is 0 Å². The highest BCUT2D eigenvalue weighted by Crippen LogP contribution is 2.11. The fourth-order valence-electron chi connectivity index (χ4n) is 1.80. The molecule has 90 valence electrons. The molecule has 1 aromatic rings. The van der Waals surface area contributed by atoms with Crippen molar-refractivity contribution < 1.29 is 4.79 Å². The number of rotatable bonds is 2. The summed E-state index contributed by atoms with van der Waals surface area (Å²) in [6, 6.07) is 0.134. The fraction of sp³-hybridized carbons (Fsp3) is 0.600. The lowest BCUT2D eigenvalue weighted by atomic mass is 10.3. The first-order valence-electron chi connectivity index (χ1n) is 5.28. The maximum absolute atomic E-state index is 11.9. The van der Waals surface area contributed by atoms with E-state index in [4.69, 9.17) is 5.73 Å². The van der Waals surface area contributed by atoms with Crippen LogP contribution in [0, 0.1) is 0 Å². The van der Waals surface area contributed by atoms with Crippen molar-refractivity contribution in [2.45, 2.75) is 25.9 Å². The number of halogens is 1. The van der Waals surface area contributed by atoms with Gasteiger partial charge in [-0.25, -0.2) is 0 Å². The first-order valence-corrected chi connectivity index (χ1v) is 5.28. The minimum absolute atomic E-state index is 0. The van der Waals surface area contributed by atoms with Gasteiger partial charge in [0.2, 0.25) is 0 Å². The third-order valence-electron chi connectivity index (χ3n) is 2.72. The zero-order valence-corrected chi connectivity index (χ0v) is 10.1. The lowest BCUT2D eigenvalue weighted by Crippen LogP contribution is -2.31. The molecule has 1 saturated heterocycles. The smallest absolute Gasteiger partial charge is 0.257 e. The molecule has 1 aliphatic rings. The quantitative estimate of drug-likeness (QED) is 0.824. The molecule has 1 unspecified atom stereocenters. The predicted octanol–water partition coefficient (Wildman–Crippen LogP) is 0.498. The Labute approximate surface area is 101 Å². The summed E-state index contributed by atoms with van der Waals surface area (Å²) in [5.41, 5.74) is 6.42. The van der Waals surface area contributed by atoms with E-state index in [-0.39, 0.29) is 24.4 Å². The van der Waals surface area contributed by atoms with E-state index in [2.05, 4.69) is 5.10 Å². The molecule has 0 saturated carbocycles. The van der Waals surface area contributed by atoms with Gasteiger partial charge in [-0.1, -0.05) is 0 Å². The molecule has 2 N–H and O–H groups in total. The van der Waals surface area contributed by atoms with E-state index >= 15 is 0 Å². The Kier molecular flexibility index (Phi) is 4.32. The van der Waals surface area contributed by atoms with E-state index in [1.807, 2.05) is 6.92 Å². The second kappa shape index (κ2) is 5.32. The molecule has 0 radical (unpaired) electrons. The van der Waals surface area contributed by atoms with Crippen LogP contribution in [0.3, 0.4) is 0 Å². The van der Waals surface area contributed by atoms with Crippen molar-refractivity contribution in [1.29, 1.82) is 0 Å². The molecule has 16 heavy (non-hydrogen) atoms. The lowest BCUT2D eigenvalue weighted by molar-refractivity contribution is 0.0791. The normalized spacial score (nSPS) is 19.6. The molecule has 0 spiro atoms. The van der Waals surface area contributed by atoms with Crippen LogP contribution in [-0.2, 0) is 6.54 Å². The molecule has 1 atom stereocenters. The van der Waals surface area contributed by atoms with Gasteiger partial charge in [0.15, 0.2) is 0 Å². The largest absolute Gasteiger partial charge is 0.337 e. The molecular weight excluding hydrogens is 228 g/mol. The zero-order chi connectivity index (χ0) is 10.8. The van der Waals surface area contributed by atoms with E-state index in [9.17, 15) is 4.79 Å². The van der Waals surface area contributed by atoms with E-state index < -0.39 is 0 Å². The summed E-state index contributed by atoms with van der Waals surface area (Å²) >= 11 is 0. The van der Waals surface area contributed by atoms with E-state index in [1.54, 1.807) is 22.0 Å². The third-order valence-corrected chi connectivity index (χ3v) is 2.72. The minimum Gasteiger partial charge on any atom is -0.337 e. The average Bonchev–Trinajstić information content (AvgIpc) is 2.84. The summed E-state index contributed by atoms with van der Waals surface area (Å²) in [5, 5.41) is 4.08. The number of aromatic nitrogens is 2. The van der Waals surface area contributed by atoms with Crippen molar-refractivity contribution in [3.63, 3.8) is 0 Å². The maximum atomic E-state index is 11.9. The number of nitrogens with zero attached hydrogens (tertiary/aromatic N) is 3. The molecule has 2 rings (SSSR count). The summed E-state index contributed by atoms with van der Waals surface area (Å²) in [6.45, 7) is 4.20. The van der Waals surface area contributed by atoms with E-state index in [0.717, 1.165) is 19.5 Å². The average molecular weight is 245 g/mol. The zero-order valence-electron chi connectivity index (χ0n) is 9.30. The van der Waals surface area contributed by atoms with Gasteiger partial charge in [0.1, 0.15) is 0 Å². The van der Waals surface area contributed by atoms with Crippen LogP contribution >= 0.6 is 12.4 Å². The third kappa shape index (κ3) is 2.54. The number of hydrogen-bond donors (Lipinski definition) is 1. The number of aryl methyl sites for hydroxylation is 1. The van der Waals surface area contributed by atoms with Gasteiger partial charge in [0.05, 0.1) is 11.8 Å². The van der Waals surface area contributed by atoms with Crippen molar-refractivity contribution in [2.24, 2.45) is 5.73 Å². The Hall–Kier alpha value is -1.07. The second-order valence-electron chi connectivity index (χ2n) is 3.88. The molecule has 1 aliphatic heterocycles. The second-order valence-corrected chi connectivity index (χ2v) is 3.88. The van der Waals surface area contributed by atoms with Gasteiger partial charge < -0.3 is 10.6 Å². The van der Waals surface area contributed by atoms with Crippen LogP contribution in [0.1, 0.15) is 23.7 Å². The summed E-state index contributed by atoms with van der Waals surface area (Å²) in [6.07, 6.45) is 4.30. The Bertz CT molecular complexity index is 365. The van der Waals surface area contributed by atoms with E-state index in [0.29, 0.717) is 12.1 Å². The number of carbonyl (C=O) groups excluding carboxylic acids is 1. The summed E-state index contributed by atoms with van der Waals surface area (Å²) in [5.74, 6) is 0.0441. The molecule has 0 bridgehead atoms. The highest BCUT2D eigenvalue weighted by Gasteiger charge is 2.25. The van der Waals surface area contributed by atoms with Crippen LogP contribution in [0.4, 0.5) is 0 Å². The van der Waals surface area contributed by atoms with Gasteiger partial charge in [0, 0.05) is 31.9 Å². The first-order chi connectivity index (χ1) is 7.20. The van der Waals surface area contributed by atoms with Crippen LogP contribution in [0.5, 0.6) is 0 Å². The SMILES string of the molecule is CCn1cc(C(=O)N2CCC(N)C2)cn1.Cl. The van der Waals surface area contributed by atoms with Gasteiger partial charge in [-0.3, -0.25) is 9.48 Å². The standard InChI is InChI=1S/C10H16N4O.ClH/c1-2-14-6-8(5-12-14)10(15)13-4-3-9(11)7-13;/h5-6,9H,2-4,7,11H2,1H3;1H. The van der Waals surface area contributed by atoms with Crippen LogP contribution in [-0.4, -0.2) is 39.7 Å². The van der Waals surface area contributed by atoms with Crippen molar-refractivity contribution >= 4 is 18.3 Å². The molecular formula is C10H17ClN4O. The number of nitrogens with two attached hydrogens (primary N) is 1. The molecule has 1 fully saturated rings. The Morgan fingerprint density at radius 1 is 1.69 bits per heavy atom. The van der Waals surface area contributed by atoms with Crippen LogP contribution < -0.4 is 5.73 Å². The van der Waals surface area contributed by atoms with Gasteiger partial charge in [-0.15, -0.1) is 12.4 Å². The fourth-order valence-corrected chi connectivity index (χ4v) is 1.80. The maximum Gasteiger partial charge on any atom is 0.257 e. The van der Waals surface area contributed by atoms with Gasteiger partial charge >= 0.3 is 0 Å². The highest BCUT2D eigenvalue weighted by molar-refractivity contribution is 5.93. The molecule has 1 amide bonds. The summed E-state index contributed by atoms with van der Waals surface area (Å²) in [7, 11) is 0. The molecule has 1 aromatic heterocycles. The number of amides is 1. The minimum atomic E-state index is 0. The Balaban J connectivity index is 0.00000128. The molecule has 6 heteroatoms. The van der Waals surface area contributed by atoms with Gasteiger partial charge in [-0.2, -0.15) is 5.10 Å². The van der Waals surface area contributed by atoms with Crippen LogP contribution in [0.15, 0.2) is 12.4 Å². The van der Waals surface area contributed by atoms with E-state index in [1.165, 1.54) is 0 Å².